The van der Waals surface area contributed by atoms with Crippen molar-refractivity contribution in [3.05, 3.63) is 34.6 Å². The number of nitrogens with one attached hydrogen (secondary N) is 1. The third-order valence-electron chi connectivity index (χ3n) is 4.28. The molecular weight excluding hydrogens is 322 g/mol. The van der Waals surface area contributed by atoms with Crippen LogP contribution in [-0.2, 0) is 9.53 Å². The van der Waals surface area contributed by atoms with Crippen molar-refractivity contribution < 1.29 is 14.1 Å². The molecule has 7 heteroatoms. The van der Waals surface area contributed by atoms with Gasteiger partial charge in [0, 0.05) is 17.8 Å². The van der Waals surface area contributed by atoms with Crippen molar-refractivity contribution in [3.8, 4) is 11.4 Å². The molecular formula is C18H23N3O4. The van der Waals surface area contributed by atoms with Crippen LogP contribution < -0.4 is 5.56 Å². The Bertz CT molecular complexity index is 777. The van der Waals surface area contributed by atoms with E-state index in [9.17, 15) is 9.59 Å². The van der Waals surface area contributed by atoms with Crippen molar-refractivity contribution in [1.29, 1.82) is 0 Å². The highest BCUT2D eigenvalue weighted by Crippen LogP contribution is 2.38. The van der Waals surface area contributed by atoms with Crippen LogP contribution in [0.4, 0.5) is 0 Å². The number of aromatic nitrogens is 3. The smallest absolute Gasteiger partial charge is 0.319 e. The third-order valence-corrected chi connectivity index (χ3v) is 4.28. The van der Waals surface area contributed by atoms with E-state index in [1.54, 1.807) is 6.07 Å². The number of carbonyl (C=O) groups is 1. The van der Waals surface area contributed by atoms with Gasteiger partial charge in [-0.15, -0.1) is 0 Å². The normalized spacial score (nSPS) is 16.8. The van der Waals surface area contributed by atoms with E-state index < -0.39 is 11.5 Å². The Morgan fingerprint density at radius 2 is 2.04 bits per heavy atom. The fourth-order valence-corrected chi connectivity index (χ4v) is 3.18. The molecule has 1 aliphatic carbocycles. The monoisotopic (exact) mass is 345 g/mol. The first kappa shape index (κ1) is 17.4. The van der Waals surface area contributed by atoms with Gasteiger partial charge < -0.3 is 14.2 Å². The number of H-pyrrole nitrogens is 1. The molecule has 3 rings (SSSR count). The molecule has 1 saturated carbocycles. The molecule has 1 aliphatic rings. The summed E-state index contributed by atoms with van der Waals surface area (Å²) < 4.78 is 11.0. The van der Waals surface area contributed by atoms with Crippen molar-refractivity contribution >= 4 is 5.97 Å². The Labute approximate surface area is 145 Å². The van der Waals surface area contributed by atoms with E-state index in [4.69, 9.17) is 9.26 Å². The first-order valence-corrected chi connectivity index (χ1v) is 8.59. The van der Waals surface area contributed by atoms with Crippen LogP contribution in [0.15, 0.2) is 27.6 Å². The lowest BCUT2D eigenvalue weighted by molar-refractivity contribution is -0.159. The van der Waals surface area contributed by atoms with Crippen LogP contribution in [0.5, 0.6) is 0 Å². The summed E-state index contributed by atoms with van der Waals surface area (Å²) in [6.45, 7) is 5.53. The van der Waals surface area contributed by atoms with Crippen LogP contribution in [0.1, 0.15) is 58.3 Å². The van der Waals surface area contributed by atoms with Crippen molar-refractivity contribution in [2.45, 2.75) is 58.0 Å². The summed E-state index contributed by atoms with van der Waals surface area (Å²) in [4.78, 5) is 30.9. The Hall–Kier alpha value is -2.44. The van der Waals surface area contributed by atoms with Crippen molar-refractivity contribution in [2.75, 3.05) is 0 Å². The summed E-state index contributed by atoms with van der Waals surface area (Å²) in [6.07, 6.45) is 5.59. The van der Waals surface area contributed by atoms with Gasteiger partial charge >= 0.3 is 5.97 Å². The summed E-state index contributed by atoms with van der Waals surface area (Å²) in [6, 6.07) is 3.01. The molecule has 0 spiro atoms. The van der Waals surface area contributed by atoms with Crippen LogP contribution in [0.3, 0.4) is 0 Å². The average Bonchev–Trinajstić information content (AvgIpc) is 3.19. The number of ether oxygens (including phenoxy) is 1. The highest BCUT2D eigenvalue weighted by Gasteiger charge is 2.39. The minimum Gasteiger partial charge on any atom is -0.459 e. The largest absolute Gasteiger partial charge is 0.459 e. The molecule has 2 aromatic heterocycles. The fourth-order valence-electron chi connectivity index (χ4n) is 3.18. The highest BCUT2D eigenvalue weighted by atomic mass is 16.6. The number of aromatic amines is 1. The number of hydrogen-bond donors (Lipinski definition) is 1. The molecule has 0 saturated heterocycles. The molecule has 1 fully saturated rings. The zero-order valence-electron chi connectivity index (χ0n) is 14.7. The van der Waals surface area contributed by atoms with Gasteiger partial charge in [0.25, 0.3) is 0 Å². The van der Waals surface area contributed by atoms with E-state index in [1.165, 1.54) is 12.3 Å². The van der Waals surface area contributed by atoms with Gasteiger partial charge in [-0.05, 0) is 45.6 Å². The molecule has 0 aliphatic heterocycles. The molecule has 1 unspecified atom stereocenters. The van der Waals surface area contributed by atoms with E-state index in [0.29, 0.717) is 11.4 Å². The van der Waals surface area contributed by atoms with Crippen molar-refractivity contribution in [1.82, 2.24) is 15.1 Å². The number of nitrogens with zero attached hydrogens (tertiary/aromatic N) is 2. The molecule has 1 N–H and O–H groups in total. The quantitative estimate of drug-likeness (QED) is 0.855. The van der Waals surface area contributed by atoms with E-state index in [0.717, 1.165) is 25.7 Å². The number of hydrogen-bond acceptors (Lipinski definition) is 6. The topological polar surface area (TPSA) is 98.1 Å². The molecule has 2 heterocycles. The predicted octanol–water partition coefficient (Wildman–Crippen LogP) is 3.04. The molecule has 25 heavy (non-hydrogen) atoms. The Kier molecular flexibility index (Phi) is 4.74. The maximum absolute atomic E-state index is 12.7. The number of esters is 1. The minimum absolute atomic E-state index is 0.152. The maximum Gasteiger partial charge on any atom is 0.319 e. The van der Waals surface area contributed by atoms with Gasteiger partial charge in [-0.2, -0.15) is 4.98 Å². The van der Waals surface area contributed by atoms with Gasteiger partial charge in [-0.25, -0.2) is 0 Å². The van der Waals surface area contributed by atoms with Crippen LogP contribution >= 0.6 is 0 Å². The summed E-state index contributed by atoms with van der Waals surface area (Å²) in [5, 5.41) is 3.97. The third kappa shape index (κ3) is 4.15. The first-order valence-electron chi connectivity index (χ1n) is 8.59. The lowest BCUT2D eigenvalue weighted by Gasteiger charge is -2.25. The fraction of sp³-hybridized carbons (Fsp3) is 0.556. The highest BCUT2D eigenvalue weighted by molar-refractivity contribution is 5.78. The van der Waals surface area contributed by atoms with Crippen molar-refractivity contribution in [3.63, 3.8) is 0 Å². The van der Waals surface area contributed by atoms with Gasteiger partial charge in [0.1, 0.15) is 11.5 Å². The second-order valence-corrected chi connectivity index (χ2v) is 7.45. The molecule has 1 atom stereocenters. The molecule has 0 aromatic carbocycles. The molecule has 0 amide bonds. The van der Waals surface area contributed by atoms with E-state index in [1.807, 2.05) is 20.8 Å². The van der Waals surface area contributed by atoms with Gasteiger partial charge in [0.2, 0.25) is 17.3 Å². The maximum atomic E-state index is 12.7. The minimum atomic E-state index is -0.574. The zero-order chi connectivity index (χ0) is 18.0. The number of carbonyl (C=O) groups excluding carboxylic acids is 1. The van der Waals surface area contributed by atoms with Gasteiger partial charge in [0.15, 0.2) is 0 Å². The first-order chi connectivity index (χ1) is 11.8. The predicted molar refractivity (Wildman–Crippen MR) is 90.9 cm³/mol. The Morgan fingerprint density at radius 1 is 1.32 bits per heavy atom. The van der Waals surface area contributed by atoms with E-state index in [2.05, 4.69) is 15.1 Å². The summed E-state index contributed by atoms with van der Waals surface area (Å²) in [7, 11) is 0. The van der Waals surface area contributed by atoms with E-state index >= 15 is 0 Å². The van der Waals surface area contributed by atoms with E-state index in [-0.39, 0.29) is 23.3 Å². The second kappa shape index (κ2) is 6.82. The Morgan fingerprint density at radius 3 is 2.64 bits per heavy atom. The van der Waals surface area contributed by atoms with Crippen LogP contribution in [-0.4, -0.2) is 26.7 Å². The van der Waals surface area contributed by atoms with Crippen LogP contribution in [0.25, 0.3) is 11.4 Å². The van der Waals surface area contributed by atoms with Gasteiger partial charge in [-0.1, -0.05) is 18.0 Å². The average molecular weight is 345 g/mol. The molecule has 0 bridgehead atoms. The summed E-state index contributed by atoms with van der Waals surface area (Å²) >= 11 is 0. The summed E-state index contributed by atoms with van der Waals surface area (Å²) in [5.74, 6) is -0.0966. The molecule has 0 radical (unpaired) electrons. The SMILES string of the molecule is CC(C)(C)OC(=O)C(c1nc(-c2ccc(=O)[nH]c2)no1)C1CCCC1. The second-order valence-electron chi connectivity index (χ2n) is 7.45. The molecule has 2 aromatic rings. The standard InChI is InChI=1S/C18H23N3O4/c1-18(2,3)24-17(23)14(11-6-4-5-7-11)16-20-15(21-25-16)12-8-9-13(22)19-10-12/h8-11,14H,4-7H2,1-3H3,(H,19,22). The van der Waals surface area contributed by atoms with Gasteiger partial charge in [0.05, 0.1) is 0 Å². The molecule has 7 nitrogen and oxygen atoms in total. The van der Waals surface area contributed by atoms with Crippen LogP contribution in [0, 0.1) is 5.92 Å². The van der Waals surface area contributed by atoms with Crippen molar-refractivity contribution in [2.24, 2.45) is 5.92 Å². The lowest BCUT2D eigenvalue weighted by Crippen LogP contribution is -2.30. The number of pyridine rings is 1. The lowest BCUT2D eigenvalue weighted by atomic mass is 9.90. The van der Waals surface area contributed by atoms with Gasteiger partial charge in [-0.3, -0.25) is 9.59 Å². The summed E-state index contributed by atoms with van der Waals surface area (Å²) in [5.41, 5.74) is -0.149. The zero-order valence-corrected chi connectivity index (χ0v) is 14.7. The van der Waals surface area contributed by atoms with Crippen LogP contribution in [0.2, 0.25) is 0 Å². The molecule has 134 valence electrons. The Balaban J connectivity index is 1.89. The number of rotatable bonds is 4.